The monoisotopic (exact) mass is 386 g/mol. The minimum Gasteiger partial charge on any atom is -0.508 e. The number of Topliss-reactive ketones (excluding diaryl/α,β-unsaturated/α-hetero) is 1. The second-order valence-electron chi connectivity index (χ2n) is 7.02. The molecule has 1 unspecified atom stereocenters. The number of rotatable bonds is 7. The van der Waals surface area contributed by atoms with Gasteiger partial charge in [-0.2, -0.15) is 0 Å². The number of aromatic hydroxyl groups is 1. The lowest BCUT2D eigenvalue weighted by Gasteiger charge is -2.24. The highest BCUT2D eigenvalue weighted by Crippen LogP contribution is 2.44. The van der Waals surface area contributed by atoms with Gasteiger partial charge < -0.3 is 19.7 Å². The lowest BCUT2D eigenvalue weighted by atomic mass is 10.0. The van der Waals surface area contributed by atoms with Crippen molar-refractivity contribution in [1.29, 1.82) is 0 Å². The van der Waals surface area contributed by atoms with E-state index < -0.39 is 36.2 Å². The summed E-state index contributed by atoms with van der Waals surface area (Å²) in [6.45, 7) is 1.50. The number of hydrogen-bond donors (Lipinski definition) is 2. The van der Waals surface area contributed by atoms with E-state index in [1.54, 1.807) is 18.2 Å². The van der Waals surface area contributed by atoms with Crippen molar-refractivity contribution < 1.29 is 34.1 Å². The average Bonchev–Trinajstić information content (AvgIpc) is 3.47. The molecule has 1 heterocycles. The Morgan fingerprint density at radius 1 is 1.29 bits per heavy atom. The minimum absolute atomic E-state index is 0.124. The van der Waals surface area contributed by atoms with Gasteiger partial charge in [-0.25, -0.2) is 9.59 Å². The minimum atomic E-state index is -0.937. The van der Waals surface area contributed by atoms with Crippen LogP contribution in [-0.4, -0.2) is 46.2 Å². The van der Waals surface area contributed by atoms with Gasteiger partial charge in [-0.1, -0.05) is 18.2 Å². The molecular weight excluding hydrogens is 364 g/mol. The highest BCUT2D eigenvalue weighted by atomic mass is 16.6. The zero-order valence-corrected chi connectivity index (χ0v) is 15.4. The summed E-state index contributed by atoms with van der Waals surface area (Å²) in [5.41, 5.74) is 0.704. The van der Waals surface area contributed by atoms with Crippen molar-refractivity contribution in [2.24, 2.45) is 11.8 Å². The van der Waals surface area contributed by atoms with E-state index in [-0.39, 0.29) is 17.5 Å². The standard InChI is InChI=1S/C21H22O7/c1-12(27-19(24)10-7-13-5-8-14(22)9-6-13)20(25)15-11-16(15)21(26)17-3-2-4-18(23)28-17/h2,4-10,12,15-17,21-22,26H,3,11H2,1H3/b10-7-/t12?,15-,16-,17+,21-/m0/s1. The van der Waals surface area contributed by atoms with Gasteiger partial charge in [0.2, 0.25) is 0 Å². The van der Waals surface area contributed by atoms with Crippen molar-refractivity contribution in [3.63, 3.8) is 0 Å². The molecule has 1 aliphatic heterocycles. The molecule has 148 valence electrons. The van der Waals surface area contributed by atoms with Crippen LogP contribution in [0.25, 0.3) is 6.08 Å². The van der Waals surface area contributed by atoms with Gasteiger partial charge in [0.05, 0.1) is 6.10 Å². The van der Waals surface area contributed by atoms with Crippen molar-refractivity contribution in [3.05, 3.63) is 48.1 Å². The fraction of sp³-hybridized carbons (Fsp3) is 0.381. The van der Waals surface area contributed by atoms with E-state index >= 15 is 0 Å². The quantitative estimate of drug-likeness (QED) is 0.543. The second kappa shape index (κ2) is 8.39. The summed E-state index contributed by atoms with van der Waals surface area (Å²) in [6.07, 6.45) is 4.08. The van der Waals surface area contributed by atoms with Crippen molar-refractivity contribution in [3.8, 4) is 5.75 Å². The van der Waals surface area contributed by atoms with Crippen LogP contribution in [-0.2, 0) is 23.9 Å². The number of aliphatic hydroxyl groups excluding tert-OH is 1. The number of phenols is 1. The largest absolute Gasteiger partial charge is 0.508 e. The molecule has 0 saturated heterocycles. The maximum absolute atomic E-state index is 12.5. The molecule has 1 saturated carbocycles. The van der Waals surface area contributed by atoms with Gasteiger partial charge >= 0.3 is 11.9 Å². The summed E-state index contributed by atoms with van der Waals surface area (Å²) >= 11 is 0. The normalized spacial score (nSPS) is 25.8. The smallest absolute Gasteiger partial charge is 0.331 e. The number of benzene rings is 1. The van der Waals surface area contributed by atoms with Gasteiger partial charge in [-0.3, -0.25) is 4.79 Å². The molecule has 2 N–H and O–H groups in total. The molecule has 0 spiro atoms. The van der Waals surface area contributed by atoms with Gasteiger partial charge in [0.1, 0.15) is 11.9 Å². The summed E-state index contributed by atoms with van der Waals surface area (Å²) in [4.78, 5) is 35.7. The molecule has 1 aromatic carbocycles. The first-order valence-corrected chi connectivity index (χ1v) is 9.12. The van der Waals surface area contributed by atoms with E-state index in [9.17, 15) is 24.6 Å². The molecule has 0 aromatic heterocycles. The van der Waals surface area contributed by atoms with Gasteiger partial charge in [-0.15, -0.1) is 0 Å². The van der Waals surface area contributed by atoms with Crippen LogP contribution in [0.1, 0.15) is 25.3 Å². The average molecular weight is 386 g/mol. The Hall–Kier alpha value is -2.93. The van der Waals surface area contributed by atoms with E-state index in [4.69, 9.17) is 9.47 Å². The summed E-state index contributed by atoms with van der Waals surface area (Å²) < 4.78 is 10.2. The van der Waals surface area contributed by atoms with Crippen molar-refractivity contribution in [2.75, 3.05) is 0 Å². The Morgan fingerprint density at radius 2 is 2.00 bits per heavy atom. The Labute approximate surface area is 162 Å². The van der Waals surface area contributed by atoms with Crippen LogP contribution in [0.4, 0.5) is 0 Å². The summed E-state index contributed by atoms with van der Waals surface area (Å²) in [6, 6.07) is 6.26. The molecule has 7 heteroatoms. The molecule has 1 aromatic rings. The van der Waals surface area contributed by atoms with Crippen LogP contribution in [0.5, 0.6) is 5.75 Å². The van der Waals surface area contributed by atoms with Crippen LogP contribution in [0.3, 0.4) is 0 Å². The Morgan fingerprint density at radius 3 is 2.68 bits per heavy atom. The first-order chi connectivity index (χ1) is 13.3. The SMILES string of the molecule is CC(OC(=O)/C=C\c1ccc(O)cc1)C(=O)[C@H]1C[C@@H]1[C@H](O)[C@H]1CC=CC(=O)O1. The number of hydrogen-bond acceptors (Lipinski definition) is 7. The van der Waals surface area contributed by atoms with E-state index in [1.165, 1.54) is 37.3 Å². The fourth-order valence-electron chi connectivity index (χ4n) is 3.26. The molecule has 0 amide bonds. The number of carbonyl (C=O) groups is 3. The molecule has 5 atom stereocenters. The zero-order valence-electron chi connectivity index (χ0n) is 15.4. The predicted molar refractivity (Wildman–Crippen MR) is 98.9 cm³/mol. The molecule has 1 fully saturated rings. The van der Waals surface area contributed by atoms with Gasteiger partial charge in [0.25, 0.3) is 0 Å². The van der Waals surface area contributed by atoms with Gasteiger partial charge in [-0.05, 0) is 43.0 Å². The number of aliphatic hydroxyl groups is 1. The number of cyclic esters (lactones) is 1. The molecule has 0 radical (unpaired) electrons. The molecule has 7 nitrogen and oxygen atoms in total. The molecular formula is C21H22O7. The number of carbonyl (C=O) groups excluding carboxylic acids is 3. The van der Waals surface area contributed by atoms with Gasteiger partial charge in [0.15, 0.2) is 11.9 Å². The Balaban J connectivity index is 1.48. The number of phenolic OH excluding ortho intramolecular Hbond substituents is 1. The topological polar surface area (TPSA) is 110 Å². The van der Waals surface area contributed by atoms with E-state index in [1.807, 2.05) is 0 Å². The third-order valence-corrected chi connectivity index (χ3v) is 4.91. The number of ether oxygens (including phenoxy) is 2. The summed E-state index contributed by atoms with van der Waals surface area (Å²) in [5, 5.41) is 19.6. The van der Waals surface area contributed by atoms with Crippen LogP contribution < -0.4 is 0 Å². The van der Waals surface area contributed by atoms with E-state index in [0.717, 1.165) is 0 Å². The third-order valence-electron chi connectivity index (χ3n) is 4.91. The maximum Gasteiger partial charge on any atom is 0.331 e. The molecule has 0 bridgehead atoms. The van der Waals surface area contributed by atoms with Crippen LogP contribution in [0.2, 0.25) is 0 Å². The van der Waals surface area contributed by atoms with Crippen LogP contribution >= 0.6 is 0 Å². The molecule has 1 aliphatic carbocycles. The highest BCUT2D eigenvalue weighted by molar-refractivity contribution is 5.93. The first-order valence-electron chi connectivity index (χ1n) is 9.12. The van der Waals surface area contributed by atoms with Crippen molar-refractivity contribution >= 4 is 23.8 Å². The zero-order chi connectivity index (χ0) is 20.3. The summed E-state index contributed by atoms with van der Waals surface area (Å²) in [7, 11) is 0. The highest BCUT2D eigenvalue weighted by Gasteiger charge is 2.51. The number of esters is 2. The number of ketones is 1. The van der Waals surface area contributed by atoms with Crippen molar-refractivity contribution in [2.45, 2.75) is 38.1 Å². The molecule has 28 heavy (non-hydrogen) atoms. The van der Waals surface area contributed by atoms with Crippen LogP contribution in [0, 0.1) is 11.8 Å². The second-order valence-corrected chi connectivity index (χ2v) is 7.02. The fourth-order valence-corrected chi connectivity index (χ4v) is 3.26. The lowest BCUT2D eigenvalue weighted by molar-refractivity contribution is -0.152. The van der Waals surface area contributed by atoms with E-state index in [0.29, 0.717) is 18.4 Å². The van der Waals surface area contributed by atoms with Crippen molar-refractivity contribution in [1.82, 2.24) is 0 Å². The van der Waals surface area contributed by atoms with Gasteiger partial charge in [0, 0.05) is 24.5 Å². The predicted octanol–water partition coefficient (Wildman–Crippen LogP) is 1.77. The Bertz CT molecular complexity index is 809. The molecule has 3 rings (SSSR count). The Kier molecular flexibility index (Phi) is 5.94. The van der Waals surface area contributed by atoms with E-state index in [2.05, 4.69) is 0 Å². The lowest BCUT2D eigenvalue weighted by Crippen LogP contribution is -2.35. The van der Waals surface area contributed by atoms with Crippen LogP contribution in [0.15, 0.2) is 42.5 Å². The maximum atomic E-state index is 12.5. The first kappa shape index (κ1) is 19.8. The third kappa shape index (κ3) is 4.86. The summed E-state index contributed by atoms with van der Waals surface area (Å²) in [5.74, 6) is -2.00. The molecule has 2 aliphatic rings.